The third kappa shape index (κ3) is 4.60. The van der Waals surface area contributed by atoms with Crippen LogP contribution < -0.4 is 11.1 Å². The molecule has 0 aromatic rings. The van der Waals surface area contributed by atoms with Crippen LogP contribution in [-0.2, 0) is 4.79 Å². The van der Waals surface area contributed by atoms with Crippen LogP contribution in [0.1, 0.15) is 33.1 Å². The summed E-state index contributed by atoms with van der Waals surface area (Å²) < 4.78 is 0. The number of nitrogens with two attached hydrogens (primary N) is 1. The molecular formula is C12H23N3OS. The first-order chi connectivity index (χ1) is 8.04. The van der Waals surface area contributed by atoms with E-state index in [0.29, 0.717) is 10.9 Å². The molecule has 0 spiro atoms. The number of amides is 1. The van der Waals surface area contributed by atoms with E-state index in [0.717, 1.165) is 38.9 Å². The van der Waals surface area contributed by atoms with Crippen molar-refractivity contribution in [1.29, 1.82) is 0 Å². The highest BCUT2D eigenvalue weighted by Gasteiger charge is 2.25. The molecule has 98 valence electrons. The zero-order valence-electron chi connectivity index (χ0n) is 10.7. The van der Waals surface area contributed by atoms with E-state index in [4.69, 9.17) is 18.0 Å². The molecule has 1 fully saturated rings. The summed E-state index contributed by atoms with van der Waals surface area (Å²) in [5.74, 6) is 0.654. The fraction of sp³-hybridized carbons (Fsp3) is 0.833. The number of piperidine rings is 1. The largest absolute Gasteiger partial charge is 0.392 e. The van der Waals surface area contributed by atoms with Crippen molar-refractivity contribution in [2.75, 3.05) is 19.6 Å². The third-order valence-electron chi connectivity index (χ3n) is 3.44. The van der Waals surface area contributed by atoms with E-state index in [1.165, 1.54) is 0 Å². The van der Waals surface area contributed by atoms with Crippen molar-refractivity contribution in [3.63, 3.8) is 0 Å². The smallest absolute Gasteiger partial charge is 0.216 e. The fourth-order valence-corrected chi connectivity index (χ4v) is 2.71. The number of nitrogens with zero attached hydrogens (tertiary/aromatic N) is 1. The topological polar surface area (TPSA) is 58.4 Å². The first-order valence-electron chi connectivity index (χ1n) is 6.32. The Morgan fingerprint density at radius 2 is 2.12 bits per heavy atom. The van der Waals surface area contributed by atoms with Crippen molar-refractivity contribution in [2.24, 2.45) is 11.7 Å². The normalized spacial score (nSPS) is 19.9. The standard InChI is InChI=1S/C12H23N3OS/c1-3-11(12(13)17)15-6-4-10(5-7-15)8-14-9(2)16/h10-11H,3-8H2,1-2H3,(H2,13,17)(H,14,16). The van der Waals surface area contributed by atoms with E-state index >= 15 is 0 Å². The van der Waals surface area contributed by atoms with Crippen molar-refractivity contribution in [3.05, 3.63) is 0 Å². The van der Waals surface area contributed by atoms with Gasteiger partial charge in [0, 0.05) is 13.5 Å². The van der Waals surface area contributed by atoms with Crippen LogP contribution in [0, 0.1) is 5.92 Å². The molecule has 0 aromatic carbocycles. The van der Waals surface area contributed by atoms with E-state index in [1.807, 2.05) is 0 Å². The number of hydrogen-bond acceptors (Lipinski definition) is 3. The predicted molar refractivity (Wildman–Crippen MR) is 73.8 cm³/mol. The second-order valence-electron chi connectivity index (χ2n) is 4.74. The van der Waals surface area contributed by atoms with E-state index in [9.17, 15) is 4.79 Å². The Kier molecular flexibility index (Phi) is 5.85. The van der Waals surface area contributed by atoms with Gasteiger partial charge < -0.3 is 11.1 Å². The molecule has 5 heteroatoms. The summed E-state index contributed by atoms with van der Waals surface area (Å²) in [6.45, 7) is 6.54. The lowest BCUT2D eigenvalue weighted by Crippen LogP contribution is -2.48. The van der Waals surface area contributed by atoms with Crippen molar-refractivity contribution in [2.45, 2.75) is 39.2 Å². The van der Waals surface area contributed by atoms with Gasteiger partial charge in [0.15, 0.2) is 0 Å². The van der Waals surface area contributed by atoms with Gasteiger partial charge in [0.25, 0.3) is 0 Å². The van der Waals surface area contributed by atoms with Crippen LogP contribution in [0.5, 0.6) is 0 Å². The molecule has 0 aromatic heterocycles. The zero-order valence-corrected chi connectivity index (χ0v) is 11.6. The molecule has 1 aliphatic rings. The molecule has 1 amide bonds. The second-order valence-corrected chi connectivity index (χ2v) is 5.21. The van der Waals surface area contributed by atoms with Crippen LogP contribution in [0.25, 0.3) is 0 Å². The van der Waals surface area contributed by atoms with Gasteiger partial charge in [-0.2, -0.15) is 0 Å². The first kappa shape index (κ1) is 14.4. The monoisotopic (exact) mass is 257 g/mol. The van der Waals surface area contributed by atoms with E-state index in [2.05, 4.69) is 17.1 Å². The number of carbonyl (C=O) groups excluding carboxylic acids is 1. The van der Waals surface area contributed by atoms with Crippen LogP contribution in [-0.4, -0.2) is 41.5 Å². The maximum atomic E-state index is 10.8. The Bertz CT molecular complexity index is 275. The zero-order chi connectivity index (χ0) is 12.8. The van der Waals surface area contributed by atoms with Crippen molar-refractivity contribution in [1.82, 2.24) is 10.2 Å². The summed E-state index contributed by atoms with van der Waals surface area (Å²) in [7, 11) is 0. The number of likely N-dealkylation sites (tertiary alicyclic amines) is 1. The minimum atomic E-state index is 0.0574. The van der Waals surface area contributed by atoms with E-state index in [1.54, 1.807) is 6.92 Å². The second kappa shape index (κ2) is 6.91. The molecular weight excluding hydrogens is 234 g/mol. The van der Waals surface area contributed by atoms with Crippen LogP contribution in [0.2, 0.25) is 0 Å². The molecule has 1 atom stereocenters. The summed E-state index contributed by atoms with van der Waals surface area (Å²) in [4.78, 5) is 13.8. The van der Waals surface area contributed by atoms with Gasteiger partial charge in [0.05, 0.1) is 11.0 Å². The van der Waals surface area contributed by atoms with Gasteiger partial charge in [-0.15, -0.1) is 0 Å². The summed E-state index contributed by atoms with van der Waals surface area (Å²) in [5.41, 5.74) is 5.74. The van der Waals surface area contributed by atoms with Crippen LogP contribution >= 0.6 is 12.2 Å². The third-order valence-corrected chi connectivity index (χ3v) is 3.72. The molecule has 1 unspecified atom stereocenters. The number of thiocarbonyl (C=S) groups is 1. The predicted octanol–water partition coefficient (Wildman–Crippen LogP) is 0.899. The average Bonchev–Trinajstić information content (AvgIpc) is 2.28. The lowest BCUT2D eigenvalue weighted by atomic mass is 9.95. The van der Waals surface area contributed by atoms with Crippen LogP contribution in [0.15, 0.2) is 0 Å². The summed E-state index contributed by atoms with van der Waals surface area (Å²) in [6.07, 6.45) is 3.20. The van der Waals surface area contributed by atoms with E-state index < -0.39 is 0 Å². The lowest BCUT2D eigenvalue weighted by molar-refractivity contribution is -0.119. The van der Waals surface area contributed by atoms with Crippen molar-refractivity contribution >= 4 is 23.1 Å². The van der Waals surface area contributed by atoms with Gasteiger partial charge in [-0.05, 0) is 38.3 Å². The molecule has 1 rings (SSSR count). The summed E-state index contributed by atoms with van der Waals surface area (Å²) in [6, 6.07) is 0.242. The van der Waals surface area contributed by atoms with Gasteiger partial charge in [0.2, 0.25) is 5.91 Å². The first-order valence-corrected chi connectivity index (χ1v) is 6.73. The number of hydrogen-bond donors (Lipinski definition) is 2. The highest BCUT2D eigenvalue weighted by Crippen LogP contribution is 2.19. The molecule has 0 bridgehead atoms. The molecule has 1 saturated heterocycles. The number of nitrogens with one attached hydrogen (secondary N) is 1. The van der Waals surface area contributed by atoms with Gasteiger partial charge in [-0.3, -0.25) is 9.69 Å². The molecule has 1 aliphatic heterocycles. The Morgan fingerprint density at radius 1 is 1.53 bits per heavy atom. The van der Waals surface area contributed by atoms with Gasteiger partial charge in [0.1, 0.15) is 0 Å². The molecule has 1 heterocycles. The molecule has 0 saturated carbocycles. The van der Waals surface area contributed by atoms with Gasteiger partial charge in [-0.1, -0.05) is 19.1 Å². The molecule has 17 heavy (non-hydrogen) atoms. The Balaban J connectivity index is 2.34. The Hall–Kier alpha value is -0.680. The molecule has 3 N–H and O–H groups in total. The Labute approximate surface area is 109 Å². The quantitative estimate of drug-likeness (QED) is 0.719. The minimum absolute atomic E-state index is 0.0574. The van der Waals surface area contributed by atoms with E-state index in [-0.39, 0.29) is 11.9 Å². The number of carbonyl (C=O) groups is 1. The SMILES string of the molecule is CCC(C(N)=S)N1CCC(CNC(C)=O)CC1. The maximum absolute atomic E-state index is 10.8. The minimum Gasteiger partial charge on any atom is -0.392 e. The van der Waals surface area contributed by atoms with Crippen LogP contribution in [0.3, 0.4) is 0 Å². The molecule has 4 nitrogen and oxygen atoms in total. The summed E-state index contributed by atoms with van der Waals surface area (Å²) in [5, 5.41) is 2.89. The Morgan fingerprint density at radius 3 is 2.53 bits per heavy atom. The van der Waals surface area contributed by atoms with Gasteiger partial charge in [-0.25, -0.2) is 0 Å². The fourth-order valence-electron chi connectivity index (χ4n) is 2.40. The highest BCUT2D eigenvalue weighted by molar-refractivity contribution is 7.80. The van der Waals surface area contributed by atoms with Crippen LogP contribution in [0.4, 0.5) is 0 Å². The maximum Gasteiger partial charge on any atom is 0.216 e. The lowest BCUT2D eigenvalue weighted by Gasteiger charge is -2.36. The average molecular weight is 257 g/mol. The number of rotatable bonds is 5. The van der Waals surface area contributed by atoms with Crippen molar-refractivity contribution in [3.8, 4) is 0 Å². The van der Waals surface area contributed by atoms with Crippen molar-refractivity contribution < 1.29 is 4.79 Å². The summed E-state index contributed by atoms with van der Waals surface area (Å²) >= 11 is 5.09. The molecule has 0 radical (unpaired) electrons. The molecule has 0 aliphatic carbocycles. The highest BCUT2D eigenvalue weighted by atomic mass is 32.1. The van der Waals surface area contributed by atoms with Gasteiger partial charge >= 0.3 is 0 Å².